The van der Waals surface area contributed by atoms with E-state index >= 15 is 0 Å². The number of morpholine rings is 1. The van der Waals surface area contributed by atoms with Crippen molar-refractivity contribution in [2.24, 2.45) is 0 Å². The van der Waals surface area contributed by atoms with Crippen LogP contribution in [-0.2, 0) is 4.74 Å². The van der Waals surface area contributed by atoms with E-state index in [-0.39, 0.29) is 12.7 Å². The highest BCUT2D eigenvalue weighted by molar-refractivity contribution is 5.91. The van der Waals surface area contributed by atoms with E-state index < -0.39 is 0 Å². The number of fused-ring (bicyclic) bond motifs is 1. The molecule has 1 aliphatic heterocycles. The van der Waals surface area contributed by atoms with E-state index in [1.54, 1.807) is 6.33 Å². The molecule has 0 radical (unpaired) electrons. The van der Waals surface area contributed by atoms with Gasteiger partial charge in [0.15, 0.2) is 0 Å². The molecule has 2 heterocycles. The molecule has 1 fully saturated rings. The summed E-state index contributed by atoms with van der Waals surface area (Å²) in [5.41, 5.74) is 7.39. The van der Waals surface area contributed by atoms with Gasteiger partial charge in [-0.1, -0.05) is 0 Å². The van der Waals surface area contributed by atoms with Gasteiger partial charge >= 0.3 is 0 Å². The molecule has 19 heavy (non-hydrogen) atoms. The van der Waals surface area contributed by atoms with Crippen molar-refractivity contribution >= 4 is 22.4 Å². The summed E-state index contributed by atoms with van der Waals surface area (Å²) in [6, 6.07) is 5.60. The number of nitrogen functional groups attached to an aromatic ring is 1. The van der Waals surface area contributed by atoms with Crippen molar-refractivity contribution in [3.63, 3.8) is 0 Å². The fourth-order valence-electron chi connectivity index (χ4n) is 2.33. The van der Waals surface area contributed by atoms with Gasteiger partial charge in [-0.05, 0) is 18.2 Å². The molecule has 3 N–H and O–H groups in total. The number of ether oxygens (including phenoxy) is 1. The van der Waals surface area contributed by atoms with Gasteiger partial charge in [0.1, 0.15) is 12.1 Å². The Morgan fingerprint density at radius 2 is 2.32 bits per heavy atom. The Morgan fingerprint density at radius 3 is 3.16 bits per heavy atom. The lowest BCUT2D eigenvalue weighted by Crippen LogP contribution is -2.44. The van der Waals surface area contributed by atoms with Crippen LogP contribution >= 0.6 is 0 Å². The number of nitrogens with two attached hydrogens (primary N) is 1. The van der Waals surface area contributed by atoms with Gasteiger partial charge in [-0.3, -0.25) is 0 Å². The molecule has 1 aliphatic rings. The number of aliphatic hydroxyl groups is 1. The Balaban J connectivity index is 2.02. The van der Waals surface area contributed by atoms with E-state index in [1.807, 2.05) is 18.2 Å². The highest BCUT2D eigenvalue weighted by atomic mass is 16.5. The molecule has 0 amide bonds. The lowest BCUT2D eigenvalue weighted by atomic mass is 10.2. The standard InChI is InChI=1S/C13H16N4O2/c14-9-1-2-12-11(5-9)13(16-8-15-12)17-3-4-19-10(6-17)7-18/h1-2,5,8,10,18H,3-4,6-7,14H2. The first-order chi connectivity index (χ1) is 9.28. The van der Waals surface area contributed by atoms with Crippen molar-refractivity contribution in [3.8, 4) is 0 Å². The summed E-state index contributed by atoms with van der Waals surface area (Å²) in [4.78, 5) is 10.7. The molecule has 1 unspecified atom stereocenters. The summed E-state index contributed by atoms with van der Waals surface area (Å²) in [6.07, 6.45) is 1.39. The van der Waals surface area contributed by atoms with Gasteiger partial charge in [-0.2, -0.15) is 0 Å². The lowest BCUT2D eigenvalue weighted by molar-refractivity contribution is 0.00343. The summed E-state index contributed by atoms with van der Waals surface area (Å²) in [5.74, 6) is 0.846. The van der Waals surface area contributed by atoms with Crippen LogP contribution < -0.4 is 10.6 Å². The molecule has 2 aromatic rings. The summed E-state index contributed by atoms with van der Waals surface area (Å²) in [7, 11) is 0. The minimum atomic E-state index is -0.167. The number of hydrogen-bond acceptors (Lipinski definition) is 6. The lowest BCUT2D eigenvalue weighted by Gasteiger charge is -2.33. The largest absolute Gasteiger partial charge is 0.399 e. The van der Waals surface area contributed by atoms with E-state index in [2.05, 4.69) is 14.9 Å². The van der Waals surface area contributed by atoms with Gasteiger partial charge in [0.05, 0.1) is 24.8 Å². The zero-order chi connectivity index (χ0) is 13.2. The Labute approximate surface area is 110 Å². The molecule has 1 aromatic carbocycles. The maximum atomic E-state index is 9.21. The number of anilines is 2. The van der Waals surface area contributed by atoms with Gasteiger partial charge in [0.2, 0.25) is 0 Å². The number of rotatable bonds is 2. The predicted octanol–water partition coefficient (Wildman–Crippen LogP) is 0.409. The average molecular weight is 260 g/mol. The number of aliphatic hydroxyl groups excluding tert-OH is 1. The molecular formula is C13H16N4O2. The third-order valence-corrected chi connectivity index (χ3v) is 3.28. The number of hydrogen-bond donors (Lipinski definition) is 2. The summed E-state index contributed by atoms with van der Waals surface area (Å²) < 4.78 is 5.45. The van der Waals surface area contributed by atoms with Crippen molar-refractivity contribution in [3.05, 3.63) is 24.5 Å². The zero-order valence-corrected chi connectivity index (χ0v) is 10.5. The molecule has 100 valence electrons. The Bertz CT molecular complexity index is 590. The van der Waals surface area contributed by atoms with E-state index in [4.69, 9.17) is 10.5 Å². The molecule has 6 nitrogen and oxygen atoms in total. The Kier molecular flexibility index (Phi) is 3.18. The van der Waals surface area contributed by atoms with Crippen LogP contribution in [0, 0.1) is 0 Å². The third-order valence-electron chi connectivity index (χ3n) is 3.28. The molecular weight excluding hydrogens is 244 g/mol. The molecule has 1 aromatic heterocycles. The van der Waals surface area contributed by atoms with Crippen LogP contribution in [0.1, 0.15) is 0 Å². The number of nitrogens with zero attached hydrogens (tertiary/aromatic N) is 3. The topological polar surface area (TPSA) is 84.5 Å². The maximum Gasteiger partial charge on any atom is 0.140 e. The van der Waals surface area contributed by atoms with Crippen LogP contribution in [0.15, 0.2) is 24.5 Å². The third kappa shape index (κ3) is 2.32. The van der Waals surface area contributed by atoms with E-state index in [1.165, 1.54) is 0 Å². The summed E-state index contributed by atoms with van der Waals surface area (Å²) >= 11 is 0. The summed E-state index contributed by atoms with van der Waals surface area (Å²) in [6.45, 7) is 1.97. The first-order valence-corrected chi connectivity index (χ1v) is 6.25. The number of benzene rings is 1. The summed E-state index contributed by atoms with van der Waals surface area (Å²) in [5, 5.41) is 10.1. The van der Waals surface area contributed by atoms with Crippen molar-refractivity contribution in [1.82, 2.24) is 9.97 Å². The van der Waals surface area contributed by atoms with Crippen molar-refractivity contribution < 1.29 is 9.84 Å². The van der Waals surface area contributed by atoms with Gasteiger partial charge in [0.25, 0.3) is 0 Å². The second-order valence-corrected chi connectivity index (χ2v) is 4.60. The molecule has 0 saturated carbocycles. The van der Waals surface area contributed by atoms with Crippen molar-refractivity contribution in [2.75, 3.05) is 36.9 Å². The SMILES string of the molecule is Nc1ccc2ncnc(N3CCOC(CO)C3)c2c1. The zero-order valence-electron chi connectivity index (χ0n) is 10.5. The fourth-order valence-corrected chi connectivity index (χ4v) is 2.33. The Morgan fingerprint density at radius 1 is 1.42 bits per heavy atom. The molecule has 1 saturated heterocycles. The van der Waals surface area contributed by atoms with Gasteiger partial charge in [0, 0.05) is 24.2 Å². The van der Waals surface area contributed by atoms with E-state index in [0.717, 1.165) is 23.3 Å². The second-order valence-electron chi connectivity index (χ2n) is 4.60. The van der Waals surface area contributed by atoms with Crippen LogP contribution in [0.5, 0.6) is 0 Å². The molecule has 0 aliphatic carbocycles. The smallest absolute Gasteiger partial charge is 0.140 e. The molecule has 3 rings (SSSR count). The average Bonchev–Trinajstić information content (AvgIpc) is 2.46. The van der Waals surface area contributed by atoms with Gasteiger partial charge < -0.3 is 20.5 Å². The van der Waals surface area contributed by atoms with Crippen LogP contribution in [0.25, 0.3) is 10.9 Å². The molecule has 0 spiro atoms. The highest BCUT2D eigenvalue weighted by Crippen LogP contribution is 2.26. The minimum Gasteiger partial charge on any atom is -0.399 e. The number of aromatic nitrogens is 2. The van der Waals surface area contributed by atoms with Gasteiger partial charge in [-0.25, -0.2) is 9.97 Å². The molecule has 1 atom stereocenters. The van der Waals surface area contributed by atoms with Crippen LogP contribution in [0.2, 0.25) is 0 Å². The quantitative estimate of drug-likeness (QED) is 0.761. The van der Waals surface area contributed by atoms with Gasteiger partial charge in [-0.15, -0.1) is 0 Å². The highest BCUT2D eigenvalue weighted by Gasteiger charge is 2.22. The maximum absolute atomic E-state index is 9.21. The van der Waals surface area contributed by atoms with Crippen LogP contribution in [0.4, 0.5) is 11.5 Å². The van der Waals surface area contributed by atoms with Crippen LogP contribution in [-0.4, -0.2) is 47.5 Å². The predicted molar refractivity (Wildman–Crippen MR) is 73.0 cm³/mol. The second kappa shape index (κ2) is 4.99. The minimum absolute atomic E-state index is 0.0155. The van der Waals surface area contributed by atoms with E-state index in [9.17, 15) is 5.11 Å². The Hall–Kier alpha value is -1.92. The normalized spacial score (nSPS) is 19.8. The first-order valence-electron chi connectivity index (χ1n) is 6.25. The van der Waals surface area contributed by atoms with E-state index in [0.29, 0.717) is 18.8 Å². The van der Waals surface area contributed by atoms with Crippen molar-refractivity contribution in [2.45, 2.75) is 6.10 Å². The first kappa shape index (κ1) is 12.1. The molecule has 0 bridgehead atoms. The molecule has 6 heteroatoms. The fraction of sp³-hybridized carbons (Fsp3) is 0.385. The monoisotopic (exact) mass is 260 g/mol. The van der Waals surface area contributed by atoms with Crippen LogP contribution in [0.3, 0.4) is 0 Å². The van der Waals surface area contributed by atoms with Crippen molar-refractivity contribution in [1.29, 1.82) is 0 Å².